The van der Waals surface area contributed by atoms with Crippen molar-refractivity contribution in [3.8, 4) is 0 Å². The summed E-state index contributed by atoms with van der Waals surface area (Å²) in [5, 5.41) is 0.400. The molecule has 0 aliphatic carbocycles. The van der Waals surface area contributed by atoms with E-state index in [0.29, 0.717) is 5.69 Å². The van der Waals surface area contributed by atoms with Gasteiger partial charge in [0.2, 0.25) is 10.0 Å². The molecule has 2 aromatic rings. The zero-order chi connectivity index (χ0) is 11.6. The molecule has 0 radical (unpaired) electrons. The van der Waals surface area contributed by atoms with Crippen LogP contribution in [0.3, 0.4) is 0 Å². The van der Waals surface area contributed by atoms with Crippen LogP contribution in [0.15, 0.2) is 36.5 Å². The first-order valence-electron chi connectivity index (χ1n) is 4.52. The average molecular weight is 257 g/mol. The fourth-order valence-corrected chi connectivity index (χ4v) is 2.02. The van der Waals surface area contributed by atoms with Gasteiger partial charge < -0.3 is 0 Å². The van der Waals surface area contributed by atoms with E-state index in [1.54, 1.807) is 6.07 Å². The fourth-order valence-electron chi connectivity index (χ4n) is 1.33. The number of alkyl halides is 1. The number of para-hydroxylation sites is 1. The molecule has 1 heterocycles. The molecule has 0 atom stereocenters. The molecule has 2 rings (SSSR count). The third-order valence-electron chi connectivity index (χ3n) is 2.01. The monoisotopic (exact) mass is 256 g/mol. The van der Waals surface area contributed by atoms with Gasteiger partial charge in [-0.05, 0) is 12.1 Å². The fraction of sp³-hybridized carbons (Fsp3) is 0.100. The SMILES string of the molecule is O=S(=O)(CCl)Nc1cnc2ccccc2c1. The van der Waals surface area contributed by atoms with Gasteiger partial charge in [0, 0.05) is 5.39 Å². The first-order valence-corrected chi connectivity index (χ1v) is 6.71. The van der Waals surface area contributed by atoms with Gasteiger partial charge in [-0.3, -0.25) is 9.71 Å². The molecule has 0 aliphatic rings. The molecular formula is C10H9ClN2O2S. The Labute approximate surface area is 98.3 Å². The number of pyridine rings is 1. The van der Waals surface area contributed by atoms with Gasteiger partial charge in [0.15, 0.2) is 0 Å². The summed E-state index contributed by atoms with van der Waals surface area (Å²) in [5.74, 6) is 0. The summed E-state index contributed by atoms with van der Waals surface area (Å²) in [5.41, 5.74) is 1.23. The van der Waals surface area contributed by atoms with E-state index in [-0.39, 0.29) is 0 Å². The number of nitrogens with one attached hydrogen (secondary N) is 1. The standard InChI is InChI=1S/C10H9ClN2O2S/c11-7-16(14,15)13-9-5-8-3-1-2-4-10(8)12-6-9/h1-6,13H,7H2. The average Bonchev–Trinajstić information content (AvgIpc) is 2.28. The van der Waals surface area contributed by atoms with Gasteiger partial charge >= 0.3 is 0 Å². The summed E-state index contributed by atoms with van der Waals surface area (Å²) in [4.78, 5) is 4.13. The molecule has 0 bridgehead atoms. The maximum Gasteiger partial charge on any atom is 0.246 e. The van der Waals surface area contributed by atoms with E-state index >= 15 is 0 Å². The molecule has 0 aliphatic heterocycles. The summed E-state index contributed by atoms with van der Waals surface area (Å²) >= 11 is 5.29. The lowest BCUT2D eigenvalue weighted by atomic mass is 10.2. The van der Waals surface area contributed by atoms with Crippen molar-refractivity contribution < 1.29 is 8.42 Å². The number of rotatable bonds is 3. The summed E-state index contributed by atoms with van der Waals surface area (Å²) in [6.45, 7) is 0. The Balaban J connectivity index is 2.40. The molecule has 0 saturated carbocycles. The first-order chi connectivity index (χ1) is 7.61. The van der Waals surface area contributed by atoms with Crippen LogP contribution in [0.2, 0.25) is 0 Å². The molecule has 0 amide bonds. The molecule has 0 spiro atoms. The molecule has 16 heavy (non-hydrogen) atoms. The number of anilines is 1. The minimum Gasteiger partial charge on any atom is -0.281 e. The van der Waals surface area contributed by atoms with E-state index in [9.17, 15) is 8.42 Å². The molecule has 0 fully saturated rings. The van der Waals surface area contributed by atoms with Crippen molar-refractivity contribution in [2.75, 3.05) is 9.93 Å². The molecule has 6 heteroatoms. The van der Waals surface area contributed by atoms with Crippen LogP contribution in [0.5, 0.6) is 0 Å². The zero-order valence-corrected chi connectivity index (χ0v) is 9.79. The van der Waals surface area contributed by atoms with Gasteiger partial charge in [0.25, 0.3) is 0 Å². The number of halogens is 1. The van der Waals surface area contributed by atoms with Crippen LogP contribution >= 0.6 is 11.6 Å². The third-order valence-corrected chi connectivity index (χ3v) is 3.70. The first kappa shape index (κ1) is 11.2. The Kier molecular flexibility index (Phi) is 2.98. The Morgan fingerprint density at radius 1 is 1.31 bits per heavy atom. The molecule has 1 aromatic carbocycles. The van der Waals surface area contributed by atoms with E-state index < -0.39 is 15.2 Å². The molecule has 0 saturated heterocycles. The normalized spacial score (nSPS) is 11.6. The number of hydrogen-bond donors (Lipinski definition) is 1. The number of sulfonamides is 1. The lowest BCUT2D eigenvalue weighted by Gasteiger charge is -2.05. The van der Waals surface area contributed by atoms with Crippen molar-refractivity contribution in [3.05, 3.63) is 36.5 Å². The summed E-state index contributed by atoms with van der Waals surface area (Å²) in [6.07, 6.45) is 1.46. The molecule has 1 aromatic heterocycles. The van der Waals surface area contributed by atoms with Crippen molar-refractivity contribution in [2.24, 2.45) is 0 Å². The lowest BCUT2D eigenvalue weighted by molar-refractivity contribution is 0.605. The Morgan fingerprint density at radius 2 is 2.06 bits per heavy atom. The van der Waals surface area contributed by atoms with Crippen molar-refractivity contribution in [1.29, 1.82) is 0 Å². The van der Waals surface area contributed by atoms with E-state index in [1.165, 1.54) is 6.20 Å². The second kappa shape index (κ2) is 4.27. The van der Waals surface area contributed by atoms with Crippen molar-refractivity contribution in [1.82, 2.24) is 4.98 Å². The quantitative estimate of drug-likeness (QED) is 0.857. The highest BCUT2D eigenvalue weighted by Gasteiger charge is 2.08. The minimum atomic E-state index is -3.47. The van der Waals surface area contributed by atoms with E-state index in [0.717, 1.165) is 10.9 Å². The molecule has 0 unspecified atom stereocenters. The van der Waals surface area contributed by atoms with Crippen LogP contribution in [0.1, 0.15) is 0 Å². The van der Waals surface area contributed by atoms with Gasteiger partial charge in [-0.15, -0.1) is 11.6 Å². The van der Waals surface area contributed by atoms with Crippen LogP contribution in [0, 0.1) is 0 Å². The van der Waals surface area contributed by atoms with Crippen LogP contribution in [0.4, 0.5) is 5.69 Å². The maximum atomic E-state index is 11.2. The Hall–Kier alpha value is -1.33. The minimum absolute atomic E-state index is 0.416. The second-order valence-corrected chi connectivity index (χ2v) is 5.55. The van der Waals surface area contributed by atoms with Crippen molar-refractivity contribution >= 4 is 38.2 Å². The highest BCUT2D eigenvalue weighted by Crippen LogP contribution is 2.17. The number of hydrogen-bond acceptors (Lipinski definition) is 3. The third kappa shape index (κ3) is 2.43. The van der Waals surface area contributed by atoms with E-state index in [1.807, 2.05) is 24.3 Å². The van der Waals surface area contributed by atoms with Crippen LogP contribution in [-0.2, 0) is 10.0 Å². The van der Waals surface area contributed by atoms with Gasteiger partial charge in [-0.25, -0.2) is 8.42 Å². The summed E-state index contributed by atoms with van der Waals surface area (Å²) in [7, 11) is -3.47. The zero-order valence-electron chi connectivity index (χ0n) is 8.22. The highest BCUT2D eigenvalue weighted by atomic mass is 35.5. The predicted octanol–water partition coefficient (Wildman–Crippen LogP) is 2.17. The molecule has 4 nitrogen and oxygen atoms in total. The molecule has 84 valence electrons. The largest absolute Gasteiger partial charge is 0.281 e. The Bertz CT molecular complexity index is 613. The summed E-state index contributed by atoms with van der Waals surface area (Å²) in [6, 6.07) is 9.17. The maximum absolute atomic E-state index is 11.2. The van der Waals surface area contributed by atoms with Crippen LogP contribution in [0.25, 0.3) is 10.9 Å². The number of benzene rings is 1. The van der Waals surface area contributed by atoms with E-state index in [2.05, 4.69) is 9.71 Å². The topological polar surface area (TPSA) is 59.1 Å². The molecular weight excluding hydrogens is 248 g/mol. The Morgan fingerprint density at radius 3 is 2.81 bits per heavy atom. The van der Waals surface area contributed by atoms with Crippen molar-refractivity contribution in [2.45, 2.75) is 0 Å². The lowest BCUT2D eigenvalue weighted by Crippen LogP contribution is -2.13. The summed E-state index contributed by atoms with van der Waals surface area (Å²) < 4.78 is 24.8. The second-order valence-electron chi connectivity index (χ2n) is 3.24. The molecule has 1 N–H and O–H groups in total. The number of aromatic nitrogens is 1. The van der Waals surface area contributed by atoms with Crippen LogP contribution < -0.4 is 4.72 Å². The number of fused-ring (bicyclic) bond motifs is 1. The van der Waals surface area contributed by atoms with Crippen LogP contribution in [-0.4, -0.2) is 18.6 Å². The van der Waals surface area contributed by atoms with Gasteiger partial charge in [0.1, 0.15) is 5.21 Å². The number of nitrogens with zero attached hydrogens (tertiary/aromatic N) is 1. The van der Waals surface area contributed by atoms with Crippen molar-refractivity contribution in [3.63, 3.8) is 0 Å². The van der Waals surface area contributed by atoms with Gasteiger partial charge in [-0.1, -0.05) is 18.2 Å². The van der Waals surface area contributed by atoms with Gasteiger partial charge in [0.05, 0.1) is 17.4 Å². The van der Waals surface area contributed by atoms with E-state index in [4.69, 9.17) is 11.6 Å². The predicted molar refractivity (Wildman–Crippen MR) is 65.0 cm³/mol. The van der Waals surface area contributed by atoms with Gasteiger partial charge in [-0.2, -0.15) is 0 Å². The highest BCUT2D eigenvalue weighted by molar-refractivity contribution is 7.93. The smallest absolute Gasteiger partial charge is 0.246 e.